The third kappa shape index (κ3) is 5.49. The maximum absolute atomic E-state index is 11.9. The van der Waals surface area contributed by atoms with Crippen LogP contribution >= 0.6 is 0 Å². The van der Waals surface area contributed by atoms with Crippen molar-refractivity contribution in [2.75, 3.05) is 19.6 Å². The highest BCUT2D eigenvalue weighted by atomic mass is 16.6. The maximum Gasteiger partial charge on any atom is 0.362 e. The normalized spacial score (nSPS) is 21.2. The maximum atomic E-state index is 11.9. The SMILES string of the molecule is C[C@H]1C[N+]1(CC(=O)OC(C)(C)C)CC(=O)OC(C)(C)C. The lowest BCUT2D eigenvalue weighted by atomic mass is 10.2. The second kappa shape index (κ2) is 5.35. The quantitative estimate of drug-likeness (QED) is 0.450. The smallest absolute Gasteiger partial charge is 0.362 e. The second-order valence-electron chi connectivity index (χ2n) is 7.74. The van der Waals surface area contributed by atoms with Gasteiger partial charge < -0.3 is 9.47 Å². The Hall–Kier alpha value is -1.10. The summed E-state index contributed by atoms with van der Waals surface area (Å²) in [5, 5.41) is 0. The van der Waals surface area contributed by atoms with Gasteiger partial charge in [0.15, 0.2) is 13.1 Å². The van der Waals surface area contributed by atoms with Gasteiger partial charge in [-0.25, -0.2) is 9.59 Å². The van der Waals surface area contributed by atoms with E-state index in [2.05, 4.69) is 0 Å². The first-order valence-corrected chi connectivity index (χ1v) is 7.12. The highest BCUT2D eigenvalue weighted by Gasteiger charge is 2.55. The lowest BCUT2D eigenvalue weighted by molar-refractivity contribution is -0.797. The fraction of sp³-hybridized carbons (Fsp3) is 0.867. The van der Waals surface area contributed by atoms with Crippen molar-refractivity contribution in [1.29, 1.82) is 0 Å². The number of carbonyl (C=O) groups is 2. The molecule has 0 radical (unpaired) electrons. The van der Waals surface area contributed by atoms with E-state index in [1.54, 1.807) is 0 Å². The zero-order valence-corrected chi connectivity index (χ0v) is 13.8. The van der Waals surface area contributed by atoms with Crippen LogP contribution < -0.4 is 0 Å². The molecule has 1 saturated heterocycles. The lowest BCUT2D eigenvalue weighted by Gasteiger charge is -2.25. The van der Waals surface area contributed by atoms with E-state index >= 15 is 0 Å². The lowest BCUT2D eigenvalue weighted by Crippen LogP contribution is -2.43. The van der Waals surface area contributed by atoms with Crippen LogP contribution in [0.15, 0.2) is 0 Å². The van der Waals surface area contributed by atoms with Gasteiger partial charge in [-0.3, -0.25) is 4.48 Å². The average molecular weight is 286 g/mol. The van der Waals surface area contributed by atoms with Crippen LogP contribution in [0.25, 0.3) is 0 Å². The van der Waals surface area contributed by atoms with Crippen molar-refractivity contribution in [1.82, 2.24) is 0 Å². The number of hydrogen-bond donors (Lipinski definition) is 0. The minimum atomic E-state index is -0.494. The van der Waals surface area contributed by atoms with Crippen LogP contribution in [-0.2, 0) is 19.1 Å². The molecule has 0 aromatic heterocycles. The van der Waals surface area contributed by atoms with Gasteiger partial charge in [-0.1, -0.05) is 0 Å². The number of esters is 2. The largest absolute Gasteiger partial charge is 0.456 e. The van der Waals surface area contributed by atoms with E-state index in [0.29, 0.717) is 10.5 Å². The Bertz CT molecular complexity index is 360. The average Bonchev–Trinajstić information content (AvgIpc) is 2.66. The highest BCUT2D eigenvalue weighted by Crippen LogP contribution is 2.31. The fourth-order valence-electron chi connectivity index (χ4n) is 2.24. The molecule has 1 fully saturated rings. The molecular weight excluding hydrogens is 258 g/mol. The van der Waals surface area contributed by atoms with Crippen LogP contribution in [0.5, 0.6) is 0 Å². The van der Waals surface area contributed by atoms with Gasteiger partial charge in [0.1, 0.15) is 23.8 Å². The van der Waals surface area contributed by atoms with Crippen LogP contribution in [0.3, 0.4) is 0 Å². The van der Waals surface area contributed by atoms with Crippen LogP contribution in [0.2, 0.25) is 0 Å². The highest BCUT2D eigenvalue weighted by molar-refractivity contribution is 5.74. The third-order valence-electron chi connectivity index (χ3n) is 3.16. The Morgan fingerprint density at radius 3 is 1.45 bits per heavy atom. The number of ether oxygens (including phenoxy) is 2. The molecule has 1 aliphatic rings. The summed E-state index contributed by atoms with van der Waals surface area (Å²) in [5.74, 6) is -0.518. The molecule has 0 spiro atoms. The Labute approximate surface area is 121 Å². The minimum Gasteiger partial charge on any atom is -0.456 e. The van der Waals surface area contributed by atoms with Crippen molar-refractivity contribution in [2.24, 2.45) is 0 Å². The van der Waals surface area contributed by atoms with Crippen LogP contribution in [0, 0.1) is 0 Å². The Morgan fingerprint density at radius 1 is 0.950 bits per heavy atom. The van der Waals surface area contributed by atoms with Gasteiger partial charge in [0.2, 0.25) is 0 Å². The molecule has 0 aromatic carbocycles. The summed E-state index contributed by atoms with van der Waals surface area (Å²) in [6.45, 7) is 14.4. The summed E-state index contributed by atoms with van der Waals surface area (Å²) in [4.78, 5) is 23.9. The molecule has 1 atom stereocenters. The molecule has 5 heteroatoms. The summed E-state index contributed by atoms with van der Waals surface area (Å²) in [6.07, 6.45) is 0. The monoisotopic (exact) mass is 286 g/mol. The first-order chi connectivity index (χ1) is 8.83. The van der Waals surface area contributed by atoms with Crippen molar-refractivity contribution in [3.05, 3.63) is 0 Å². The number of hydrogen-bond acceptors (Lipinski definition) is 4. The minimum absolute atomic E-state index is 0.234. The first-order valence-electron chi connectivity index (χ1n) is 7.12. The predicted octanol–water partition coefficient (Wildman–Crippen LogP) is 1.89. The van der Waals surface area contributed by atoms with Crippen molar-refractivity contribution >= 4 is 11.9 Å². The fourth-order valence-corrected chi connectivity index (χ4v) is 2.24. The second-order valence-corrected chi connectivity index (χ2v) is 7.74. The number of rotatable bonds is 4. The van der Waals surface area contributed by atoms with E-state index in [-0.39, 0.29) is 25.0 Å². The van der Waals surface area contributed by atoms with E-state index in [1.165, 1.54) is 0 Å². The Kier molecular flexibility index (Phi) is 4.54. The standard InChI is InChI=1S/C15H28NO4/c1-11-8-16(11,9-12(17)19-14(2,3)4)10-13(18)20-15(5,6)7/h11H,8-10H2,1-7H3/q+1/t11-/m0/s1. The van der Waals surface area contributed by atoms with Crippen molar-refractivity contribution in [3.8, 4) is 0 Å². The first kappa shape index (κ1) is 17.0. The summed E-state index contributed by atoms with van der Waals surface area (Å²) in [5.41, 5.74) is -0.988. The number of carbonyl (C=O) groups excluding carboxylic acids is 2. The molecular formula is C15H28NO4+. The topological polar surface area (TPSA) is 52.6 Å². The predicted molar refractivity (Wildman–Crippen MR) is 76.0 cm³/mol. The zero-order chi connectivity index (χ0) is 15.8. The van der Waals surface area contributed by atoms with E-state index in [4.69, 9.17) is 9.47 Å². The summed E-state index contributed by atoms with van der Waals surface area (Å²) in [6, 6.07) is 0.301. The molecule has 0 aliphatic carbocycles. The Morgan fingerprint density at radius 2 is 1.25 bits per heavy atom. The van der Waals surface area contributed by atoms with Gasteiger partial charge in [0, 0.05) is 0 Å². The van der Waals surface area contributed by atoms with Crippen LogP contribution in [-0.4, -0.2) is 53.3 Å². The van der Waals surface area contributed by atoms with E-state index in [9.17, 15) is 9.59 Å². The molecule has 0 saturated carbocycles. The summed E-state index contributed by atoms with van der Waals surface area (Å²) in [7, 11) is 0. The van der Waals surface area contributed by atoms with Crippen molar-refractivity contribution in [2.45, 2.75) is 65.7 Å². The molecule has 1 heterocycles. The van der Waals surface area contributed by atoms with Crippen LogP contribution in [0.1, 0.15) is 48.5 Å². The molecule has 20 heavy (non-hydrogen) atoms. The van der Waals surface area contributed by atoms with Gasteiger partial charge >= 0.3 is 11.9 Å². The van der Waals surface area contributed by atoms with Crippen LogP contribution in [0.4, 0.5) is 0 Å². The van der Waals surface area contributed by atoms with Gasteiger partial charge in [-0.15, -0.1) is 0 Å². The molecule has 0 N–H and O–H groups in total. The molecule has 1 rings (SSSR count). The van der Waals surface area contributed by atoms with Gasteiger partial charge in [0.05, 0.1) is 0 Å². The molecule has 0 bridgehead atoms. The molecule has 116 valence electrons. The number of quaternary nitrogens is 1. The summed E-state index contributed by atoms with van der Waals surface area (Å²) < 4.78 is 11.1. The van der Waals surface area contributed by atoms with E-state index < -0.39 is 11.2 Å². The van der Waals surface area contributed by atoms with Crippen molar-refractivity contribution < 1.29 is 23.5 Å². The molecule has 1 aliphatic heterocycles. The Balaban J connectivity index is 2.57. The van der Waals surface area contributed by atoms with Gasteiger partial charge in [-0.2, -0.15) is 0 Å². The molecule has 5 nitrogen and oxygen atoms in total. The van der Waals surface area contributed by atoms with Gasteiger partial charge in [0.25, 0.3) is 0 Å². The molecule has 0 unspecified atom stereocenters. The number of nitrogens with zero attached hydrogens (tertiary/aromatic N) is 1. The zero-order valence-electron chi connectivity index (χ0n) is 13.8. The molecule has 0 amide bonds. The van der Waals surface area contributed by atoms with Crippen molar-refractivity contribution in [3.63, 3.8) is 0 Å². The molecule has 0 aromatic rings. The third-order valence-corrected chi connectivity index (χ3v) is 3.16. The van der Waals surface area contributed by atoms with E-state index in [1.807, 2.05) is 48.5 Å². The summed E-state index contributed by atoms with van der Waals surface area (Å²) >= 11 is 0. The van der Waals surface area contributed by atoms with E-state index in [0.717, 1.165) is 6.54 Å². The van der Waals surface area contributed by atoms with Gasteiger partial charge in [-0.05, 0) is 48.5 Å².